The van der Waals surface area contributed by atoms with Gasteiger partial charge in [-0.05, 0) is 61.2 Å². The normalized spacial score (nSPS) is 17.3. The number of rotatable bonds is 5. The van der Waals surface area contributed by atoms with Crippen LogP contribution in [0.4, 0.5) is 13.2 Å². The third kappa shape index (κ3) is 5.03. The molecule has 0 aromatic heterocycles. The van der Waals surface area contributed by atoms with E-state index in [-0.39, 0.29) is 16.4 Å². The number of ether oxygens (including phenoxy) is 1. The first-order chi connectivity index (χ1) is 13.1. The van der Waals surface area contributed by atoms with Crippen LogP contribution >= 0.6 is 0 Å². The minimum absolute atomic E-state index is 0.0466. The average molecular weight is 414 g/mol. The van der Waals surface area contributed by atoms with Gasteiger partial charge in [0.25, 0.3) is 0 Å². The van der Waals surface area contributed by atoms with Crippen LogP contribution in [0.1, 0.15) is 29.9 Å². The fourth-order valence-electron chi connectivity index (χ4n) is 3.77. The summed E-state index contributed by atoms with van der Waals surface area (Å²) in [6.07, 6.45) is -3.36. The van der Waals surface area contributed by atoms with Crippen LogP contribution in [-0.4, -0.2) is 27.9 Å². The molecule has 0 bridgehead atoms. The lowest BCUT2D eigenvalue weighted by atomic mass is 9.76. The Balaban J connectivity index is 2.17. The van der Waals surface area contributed by atoms with E-state index < -0.39 is 28.1 Å². The van der Waals surface area contributed by atoms with Crippen molar-refractivity contribution < 1.29 is 26.3 Å². The average Bonchev–Trinajstić information content (AvgIpc) is 2.62. The topological polar surface area (TPSA) is 81.4 Å². The van der Waals surface area contributed by atoms with Crippen LogP contribution in [0.5, 0.6) is 5.75 Å². The molecule has 5 nitrogen and oxygen atoms in total. The summed E-state index contributed by atoms with van der Waals surface area (Å²) >= 11 is 0. The fraction of sp³-hybridized carbons (Fsp3) is 0.368. The molecule has 1 fully saturated rings. The van der Waals surface area contributed by atoms with Crippen molar-refractivity contribution in [3.63, 3.8) is 0 Å². The minimum Gasteiger partial charge on any atom is -0.406 e. The molecule has 1 aliphatic heterocycles. The second-order valence-electron chi connectivity index (χ2n) is 6.77. The van der Waals surface area contributed by atoms with Crippen LogP contribution in [-0.2, 0) is 10.0 Å². The van der Waals surface area contributed by atoms with Crippen molar-refractivity contribution in [3.05, 3.63) is 59.7 Å². The Kier molecular flexibility index (Phi) is 5.97. The highest BCUT2D eigenvalue weighted by Crippen LogP contribution is 2.41. The number of nitrogens with one attached hydrogen (secondary N) is 1. The van der Waals surface area contributed by atoms with E-state index in [2.05, 4.69) is 10.1 Å². The number of hydrogen-bond donors (Lipinski definition) is 2. The number of primary sulfonamides is 1. The van der Waals surface area contributed by atoms with Crippen LogP contribution in [0.25, 0.3) is 0 Å². The van der Waals surface area contributed by atoms with Gasteiger partial charge in [-0.1, -0.05) is 30.3 Å². The molecule has 28 heavy (non-hydrogen) atoms. The van der Waals surface area contributed by atoms with Crippen LogP contribution in [0.2, 0.25) is 0 Å². The molecule has 3 N–H and O–H groups in total. The Morgan fingerprint density at radius 2 is 1.71 bits per heavy atom. The molecule has 1 atom stereocenters. The zero-order chi connectivity index (χ0) is 20.4. The molecule has 1 unspecified atom stereocenters. The maximum Gasteiger partial charge on any atom is 0.573 e. The predicted molar refractivity (Wildman–Crippen MR) is 98.4 cm³/mol. The lowest BCUT2D eigenvalue weighted by Crippen LogP contribution is -2.32. The summed E-state index contributed by atoms with van der Waals surface area (Å²) in [5.74, 6) is -0.844. The molecular weight excluding hydrogens is 393 g/mol. The molecule has 0 spiro atoms. The van der Waals surface area contributed by atoms with E-state index >= 15 is 0 Å². The van der Waals surface area contributed by atoms with Crippen molar-refractivity contribution in [3.8, 4) is 5.75 Å². The highest BCUT2D eigenvalue weighted by Gasteiger charge is 2.34. The van der Waals surface area contributed by atoms with Gasteiger partial charge in [0, 0.05) is 5.92 Å². The largest absolute Gasteiger partial charge is 0.573 e. The van der Waals surface area contributed by atoms with Gasteiger partial charge < -0.3 is 10.1 Å². The smallest absolute Gasteiger partial charge is 0.406 e. The standard InChI is InChI=1S/C19H21F3N2O3S/c20-19(21,22)27-15-6-7-17(28(23,25)26)16(12-15)18(13-4-2-1-3-5-13)14-8-10-24-11-9-14/h1-7,12,14,18,24H,8-11H2,(H2,23,25,26). The Labute approximate surface area is 161 Å². The third-order valence-electron chi connectivity index (χ3n) is 4.87. The molecule has 2 aromatic rings. The number of benzene rings is 2. The maximum atomic E-state index is 12.7. The van der Waals surface area contributed by atoms with Gasteiger partial charge in [-0.3, -0.25) is 0 Å². The SMILES string of the molecule is NS(=O)(=O)c1ccc(OC(F)(F)F)cc1C(c1ccccc1)C1CCNCC1. The molecule has 0 aliphatic carbocycles. The molecule has 152 valence electrons. The summed E-state index contributed by atoms with van der Waals surface area (Å²) in [4.78, 5) is -0.186. The second kappa shape index (κ2) is 8.10. The number of sulfonamides is 1. The number of nitrogens with two attached hydrogens (primary N) is 1. The van der Waals surface area contributed by atoms with Gasteiger partial charge in [-0.2, -0.15) is 0 Å². The molecule has 0 amide bonds. The van der Waals surface area contributed by atoms with Crippen LogP contribution in [0.15, 0.2) is 53.4 Å². The van der Waals surface area contributed by atoms with E-state index in [9.17, 15) is 21.6 Å². The second-order valence-corrected chi connectivity index (χ2v) is 8.30. The van der Waals surface area contributed by atoms with Crippen LogP contribution in [0.3, 0.4) is 0 Å². The Bertz CT molecular complexity index is 912. The molecule has 0 radical (unpaired) electrons. The van der Waals surface area contributed by atoms with Crippen molar-refractivity contribution in [2.45, 2.75) is 30.0 Å². The van der Waals surface area contributed by atoms with Gasteiger partial charge in [0.05, 0.1) is 4.90 Å². The molecule has 1 saturated heterocycles. The first kappa shape index (κ1) is 20.6. The van der Waals surface area contributed by atoms with Gasteiger partial charge in [0.1, 0.15) is 5.75 Å². The quantitative estimate of drug-likeness (QED) is 0.786. The molecule has 0 saturated carbocycles. The molecule has 3 rings (SSSR count). The highest BCUT2D eigenvalue weighted by atomic mass is 32.2. The van der Waals surface area contributed by atoms with Crippen LogP contribution < -0.4 is 15.2 Å². The first-order valence-electron chi connectivity index (χ1n) is 8.83. The van der Waals surface area contributed by atoms with Crippen molar-refractivity contribution in [1.29, 1.82) is 0 Å². The number of alkyl halides is 3. The zero-order valence-corrected chi connectivity index (χ0v) is 15.8. The minimum atomic E-state index is -4.88. The molecule has 1 aliphatic rings. The fourth-order valence-corrected chi connectivity index (χ4v) is 4.54. The Hall–Kier alpha value is -2.10. The first-order valence-corrected chi connectivity index (χ1v) is 10.4. The van der Waals surface area contributed by atoms with E-state index in [0.29, 0.717) is 0 Å². The summed E-state index contributed by atoms with van der Waals surface area (Å²) < 4.78 is 66.5. The van der Waals surface area contributed by atoms with Gasteiger partial charge in [0.2, 0.25) is 10.0 Å². The van der Waals surface area contributed by atoms with Crippen LogP contribution in [0, 0.1) is 5.92 Å². The summed E-state index contributed by atoms with van der Waals surface area (Å²) in [5, 5.41) is 8.62. The van der Waals surface area contributed by atoms with Gasteiger partial charge in [-0.15, -0.1) is 13.2 Å². The Morgan fingerprint density at radius 1 is 1.07 bits per heavy atom. The molecule has 2 aromatic carbocycles. The van der Waals surface area contributed by atoms with Gasteiger partial charge in [-0.25, -0.2) is 13.6 Å². The molecule has 9 heteroatoms. The third-order valence-corrected chi connectivity index (χ3v) is 5.86. The summed E-state index contributed by atoms with van der Waals surface area (Å²) in [5.41, 5.74) is 1.05. The number of piperidine rings is 1. The number of halogens is 3. The summed E-state index contributed by atoms with van der Waals surface area (Å²) in [7, 11) is -4.14. The van der Waals surface area contributed by atoms with Crippen molar-refractivity contribution in [2.75, 3.05) is 13.1 Å². The maximum absolute atomic E-state index is 12.7. The van der Waals surface area contributed by atoms with Gasteiger partial charge >= 0.3 is 6.36 Å². The van der Waals surface area contributed by atoms with Crippen molar-refractivity contribution in [2.24, 2.45) is 11.1 Å². The highest BCUT2D eigenvalue weighted by molar-refractivity contribution is 7.89. The summed E-state index contributed by atoms with van der Waals surface area (Å²) in [6, 6.07) is 12.4. The molecular formula is C19H21F3N2O3S. The van der Waals surface area contributed by atoms with Crippen molar-refractivity contribution in [1.82, 2.24) is 5.32 Å². The van der Waals surface area contributed by atoms with E-state index in [1.165, 1.54) is 0 Å². The Morgan fingerprint density at radius 3 is 2.29 bits per heavy atom. The van der Waals surface area contributed by atoms with Crippen molar-refractivity contribution >= 4 is 10.0 Å². The van der Waals surface area contributed by atoms with E-state index in [0.717, 1.165) is 49.7 Å². The predicted octanol–water partition coefficient (Wildman–Crippen LogP) is 3.36. The zero-order valence-electron chi connectivity index (χ0n) is 14.9. The monoisotopic (exact) mass is 414 g/mol. The van der Waals surface area contributed by atoms with E-state index in [1.807, 2.05) is 30.3 Å². The number of hydrogen-bond acceptors (Lipinski definition) is 4. The summed E-state index contributed by atoms with van der Waals surface area (Å²) in [6.45, 7) is 1.49. The lowest BCUT2D eigenvalue weighted by molar-refractivity contribution is -0.274. The van der Waals surface area contributed by atoms with E-state index in [1.54, 1.807) is 0 Å². The molecule has 1 heterocycles. The van der Waals surface area contributed by atoms with E-state index in [4.69, 9.17) is 5.14 Å². The van der Waals surface area contributed by atoms with Gasteiger partial charge in [0.15, 0.2) is 0 Å². The lowest BCUT2D eigenvalue weighted by Gasteiger charge is -2.32.